The molecular formula is C10H13AuN3S2-2. The Kier molecular flexibility index (Phi) is 6.25. The van der Waals surface area contributed by atoms with Crippen molar-refractivity contribution >= 4 is 30.9 Å². The molecule has 0 N–H and O–H groups in total. The zero-order chi connectivity index (χ0) is 10.7. The molecule has 3 nitrogen and oxygen atoms in total. The third kappa shape index (κ3) is 3.68. The van der Waals surface area contributed by atoms with Crippen LogP contribution in [0.25, 0.3) is 0 Å². The molecule has 1 saturated heterocycles. The number of hydrogen-bond acceptors (Lipinski definition) is 5. The summed E-state index contributed by atoms with van der Waals surface area (Å²) in [5.41, 5.74) is 1.18. The van der Waals surface area contributed by atoms with Crippen LogP contribution in [0.2, 0.25) is 0 Å². The minimum Gasteiger partial charge on any atom is -0.800 e. The van der Waals surface area contributed by atoms with Crippen LogP contribution in [0.5, 0.6) is 0 Å². The minimum atomic E-state index is -0.166. The van der Waals surface area contributed by atoms with Crippen molar-refractivity contribution in [2.75, 3.05) is 31.1 Å². The first-order valence-electron chi connectivity index (χ1n) is 4.98. The van der Waals surface area contributed by atoms with Crippen molar-refractivity contribution in [1.29, 1.82) is 0 Å². The Morgan fingerprint density at radius 1 is 1.19 bits per heavy atom. The van der Waals surface area contributed by atoms with Crippen molar-refractivity contribution in [2.24, 2.45) is 0 Å². The van der Waals surface area contributed by atoms with Crippen LogP contribution in [-0.2, 0) is 47.6 Å². The van der Waals surface area contributed by atoms with Gasteiger partial charge in [-0.15, -0.1) is 0 Å². The molecule has 1 aliphatic heterocycles. The summed E-state index contributed by atoms with van der Waals surface area (Å²) in [5.74, 6) is 0. The van der Waals surface area contributed by atoms with Gasteiger partial charge in [-0.1, -0.05) is 0 Å². The van der Waals surface area contributed by atoms with Crippen LogP contribution in [0.3, 0.4) is 0 Å². The topological polar surface area (TPSA) is 19.4 Å². The fourth-order valence-electron chi connectivity index (χ4n) is 1.73. The standard InChI is InChI=1S/C10H15N3S2.Au/c14-10(15)13-6-4-12(5-7-13)9-2-1-3-11-8-9;/h1-3,8,10,14-15H,4-7H2;/p-2. The summed E-state index contributed by atoms with van der Waals surface area (Å²) in [7, 11) is 0. The molecule has 16 heavy (non-hydrogen) atoms. The molecular weight excluding hydrogens is 423 g/mol. The molecule has 0 unspecified atom stereocenters. The van der Waals surface area contributed by atoms with Crippen LogP contribution >= 0.6 is 0 Å². The second-order valence-corrected chi connectivity index (χ2v) is 4.73. The number of piperazine rings is 1. The van der Waals surface area contributed by atoms with Gasteiger partial charge in [0.2, 0.25) is 0 Å². The predicted molar refractivity (Wildman–Crippen MR) is 66.5 cm³/mol. The molecule has 0 saturated carbocycles. The molecule has 1 aromatic rings. The molecule has 0 bridgehead atoms. The van der Waals surface area contributed by atoms with Gasteiger partial charge in [-0.25, -0.2) is 4.71 Å². The number of rotatable bonds is 2. The van der Waals surface area contributed by atoms with Crippen molar-refractivity contribution in [2.45, 2.75) is 4.71 Å². The van der Waals surface area contributed by atoms with Gasteiger partial charge in [-0.2, -0.15) is 0 Å². The van der Waals surface area contributed by atoms with E-state index in [1.807, 2.05) is 12.3 Å². The largest absolute Gasteiger partial charge is 0.800 e. The third-order valence-corrected chi connectivity index (χ3v) is 3.22. The Morgan fingerprint density at radius 2 is 1.88 bits per heavy atom. The maximum Gasteiger partial charge on any atom is 0.0553 e. The quantitative estimate of drug-likeness (QED) is 0.498. The number of hydrogen-bond donors (Lipinski definition) is 0. The van der Waals surface area contributed by atoms with Crippen molar-refractivity contribution in [3.63, 3.8) is 0 Å². The molecule has 1 fully saturated rings. The summed E-state index contributed by atoms with van der Waals surface area (Å²) in [6.45, 7) is 3.87. The molecule has 1 aromatic heterocycles. The van der Waals surface area contributed by atoms with E-state index in [9.17, 15) is 0 Å². The van der Waals surface area contributed by atoms with E-state index in [2.05, 4.69) is 20.9 Å². The van der Waals surface area contributed by atoms with E-state index >= 15 is 0 Å². The maximum atomic E-state index is 5.06. The summed E-state index contributed by atoms with van der Waals surface area (Å²) in [6, 6.07) is 4.05. The van der Waals surface area contributed by atoms with Gasteiger partial charge in [0.1, 0.15) is 0 Å². The number of aromatic nitrogens is 1. The van der Waals surface area contributed by atoms with Crippen LogP contribution in [0.15, 0.2) is 24.5 Å². The molecule has 0 amide bonds. The maximum absolute atomic E-state index is 5.06. The second kappa shape index (κ2) is 6.93. The Labute approximate surface area is 123 Å². The Hall–Kier alpha value is 0.350. The molecule has 0 spiro atoms. The zero-order valence-corrected chi connectivity index (χ0v) is 12.5. The van der Waals surface area contributed by atoms with E-state index in [0.717, 1.165) is 26.2 Å². The molecule has 2 heterocycles. The van der Waals surface area contributed by atoms with Gasteiger partial charge in [0.05, 0.1) is 11.9 Å². The van der Waals surface area contributed by atoms with E-state index in [1.165, 1.54) is 5.69 Å². The summed E-state index contributed by atoms with van der Waals surface area (Å²) < 4.78 is -0.166. The Bertz CT molecular complexity index is 302. The van der Waals surface area contributed by atoms with E-state index in [-0.39, 0.29) is 27.1 Å². The number of nitrogens with zero attached hydrogens (tertiary/aromatic N) is 3. The fraction of sp³-hybridized carbons (Fsp3) is 0.500. The first kappa shape index (κ1) is 14.4. The summed E-state index contributed by atoms with van der Waals surface area (Å²) in [5, 5.41) is 0. The van der Waals surface area contributed by atoms with Crippen molar-refractivity contribution in [1.82, 2.24) is 9.88 Å². The van der Waals surface area contributed by atoms with Crippen LogP contribution in [0, 0.1) is 0 Å². The van der Waals surface area contributed by atoms with Gasteiger partial charge in [0, 0.05) is 54.8 Å². The molecule has 2 rings (SSSR count). The second-order valence-electron chi connectivity index (χ2n) is 3.54. The van der Waals surface area contributed by atoms with E-state index < -0.39 is 0 Å². The van der Waals surface area contributed by atoms with Gasteiger partial charge in [0.15, 0.2) is 0 Å². The Balaban J connectivity index is 0.00000128. The van der Waals surface area contributed by atoms with Crippen LogP contribution in [-0.4, -0.2) is 40.8 Å². The molecule has 93 valence electrons. The van der Waals surface area contributed by atoms with E-state index in [1.54, 1.807) is 6.20 Å². The van der Waals surface area contributed by atoms with Gasteiger partial charge >= 0.3 is 0 Å². The molecule has 0 atom stereocenters. The van der Waals surface area contributed by atoms with Gasteiger partial charge in [-0.3, -0.25) is 4.98 Å². The minimum absolute atomic E-state index is 0. The molecule has 1 aliphatic rings. The SMILES string of the molecule is [Au].[S-]C([S-])N1CCN(c2cccnc2)CC1. The average molecular weight is 436 g/mol. The summed E-state index contributed by atoms with van der Waals surface area (Å²) in [6.07, 6.45) is 3.69. The zero-order valence-electron chi connectivity index (χ0n) is 8.67. The smallest absolute Gasteiger partial charge is 0.0553 e. The van der Waals surface area contributed by atoms with E-state index in [0.29, 0.717) is 0 Å². The van der Waals surface area contributed by atoms with Crippen molar-refractivity contribution in [3.8, 4) is 0 Å². The number of anilines is 1. The fourth-order valence-corrected chi connectivity index (χ4v) is 2.15. The first-order valence-corrected chi connectivity index (χ1v) is 5.92. The van der Waals surface area contributed by atoms with Gasteiger partial charge in [0.25, 0.3) is 0 Å². The van der Waals surface area contributed by atoms with Gasteiger partial charge in [-0.05, 0) is 12.1 Å². The van der Waals surface area contributed by atoms with Gasteiger partial charge < -0.3 is 35.1 Å². The Morgan fingerprint density at radius 3 is 2.38 bits per heavy atom. The summed E-state index contributed by atoms with van der Waals surface area (Å²) in [4.78, 5) is 8.58. The van der Waals surface area contributed by atoms with E-state index in [4.69, 9.17) is 25.3 Å². The first-order chi connectivity index (χ1) is 7.27. The summed E-state index contributed by atoms with van der Waals surface area (Å²) >= 11 is 10.1. The molecule has 0 aliphatic carbocycles. The normalized spacial score (nSPS) is 17.3. The molecule has 1 radical (unpaired) electrons. The number of pyridine rings is 1. The van der Waals surface area contributed by atoms with Crippen LogP contribution in [0.1, 0.15) is 0 Å². The predicted octanol–water partition coefficient (Wildman–Crippen LogP) is 0.579. The average Bonchev–Trinajstić information content (AvgIpc) is 2.30. The van der Waals surface area contributed by atoms with Crippen LogP contribution < -0.4 is 4.90 Å². The van der Waals surface area contributed by atoms with Crippen LogP contribution in [0.4, 0.5) is 5.69 Å². The molecule has 0 aromatic carbocycles. The van der Waals surface area contributed by atoms with Crippen molar-refractivity contribution in [3.05, 3.63) is 24.5 Å². The third-order valence-electron chi connectivity index (χ3n) is 2.62. The monoisotopic (exact) mass is 436 g/mol. The van der Waals surface area contributed by atoms with Crippen molar-refractivity contribution < 1.29 is 22.4 Å². The molecule has 6 heteroatoms.